The summed E-state index contributed by atoms with van der Waals surface area (Å²) in [6.45, 7) is 15.4. The minimum Gasteiger partial charge on any atom is -0.340 e. The number of hydrogen-bond donors (Lipinski definition) is 0. The van der Waals surface area contributed by atoms with Gasteiger partial charge in [0.05, 0.1) is 10.7 Å². The van der Waals surface area contributed by atoms with E-state index in [1.807, 2.05) is 16.2 Å². The van der Waals surface area contributed by atoms with Gasteiger partial charge in [-0.2, -0.15) is 0 Å². The number of carbonyl (C=O) groups is 1. The molecule has 0 bridgehead atoms. The van der Waals surface area contributed by atoms with Crippen molar-refractivity contribution in [3.63, 3.8) is 0 Å². The minimum atomic E-state index is 0.210. The van der Waals surface area contributed by atoms with Crippen LogP contribution >= 0.6 is 11.3 Å². The normalized spacial score (nSPS) is 26.9. The van der Waals surface area contributed by atoms with Gasteiger partial charge in [-0.25, -0.2) is 4.98 Å². The number of rotatable bonds is 3. The predicted molar refractivity (Wildman–Crippen MR) is 93.6 cm³/mol. The third kappa shape index (κ3) is 3.75. The maximum atomic E-state index is 11.5. The van der Waals surface area contributed by atoms with E-state index in [4.69, 9.17) is 0 Å². The van der Waals surface area contributed by atoms with E-state index in [0.717, 1.165) is 45.8 Å². The fourth-order valence-electron chi connectivity index (χ4n) is 3.94. The fraction of sp³-hybridized carbons (Fsp3) is 0.765. The van der Waals surface area contributed by atoms with E-state index in [1.165, 1.54) is 15.6 Å². The number of hydrogen-bond acceptors (Lipinski definition) is 5. The van der Waals surface area contributed by atoms with Crippen molar-refractivity contribution in [3.8, 4) is 0 Å². The highest BCUT2D eigenvalue weighted by atomic mass is 32.1. The van der Waals surface area contributed by atoms with Gasteiger partial charge in [-0.15, -0.1) is 11.3 Å². The van der Waals surface area contributed by atoms with Crippen LogP contribution in [0.1, 0.15) is 29.4 Å². The van der Waals surface area contributed by atoms with Crippen molar-refractivity contribution >= 4 is 17.2 Å². The van der Waals surface area contributed by atoms with Gasteiger partial charge in [0, 0.05) is 63.7 Å². The number of amides is 1. The standard InChI is InChI=1S/C17H28N4OS/c1-12-9-19(11-17-13(2)18-14(3)23-17)10-16(12)21-7-5-20(6-8-21)15(4)22/h12,16H,5-11H2,1-4H3/t12-,16+/m1/s1. The maximum Gasteiger partial charge on any atom is 0.219 e. The predicted octanol–water partition coefficient (Wildman–Crippen LogP) is 1.74. The number of likely N-dealkylation sites (tertiary alicyclic amines) is 1. The second-order valence-corrected chi connectivity index (χ2v) is 8.31. The molecule has 2 aliphatic heterocycles. The van der Waals surface area contributed by atoms with Crippen molar-refractivity contribution in [1.82, 2.24) is 19.7 Å². The molecule has 0 spiro atoms. The largest absolute Gasteiger partial charge is 0.340 e. The van der Waals surface area contributed by atoms with Crippen molar-refractivity contribution < 1.29 is 4.79 Å². The molecule has 2 fully saturated rings. The molecule has 0 N–H and O–H groups in total. The lowest BCUT2D eigenvalue weighted by Gasteiger charge is -2.39. The summed E-state index contributed by atoms with van der Waals surface area (Å²) in [6, 6.07) is 0.624. The zero-order valence-electron chi connectivity index (χ0n) is 14.7. The van der Waals surface area contributed by atoms with Crippen LogP contribution in [0.2, 0.25) is 0 Å². The number of carbonyl (C=O) groups excluding carboxylic acids is 1. The number of aromatic nitrogens is 1. The molecule has 1 amide bonds. The molecule has 1 aromatic rings. The highest BCUT2D eigenvalue weighted by molar-refractivity contribution is 7.11. The van der Waals surface area contributed by atoms with Gasteiger partial charge in [-0.05, 0) is 19.8 Å². The van der Waals surface area contributed by atoms with Crippen molar-refractivity contribution in [2.24, 2.45) is 5.92 Å². The van der Waals surface area contributed by atoms with Crippen LogP contribution in [0.5, 0.6) is 0 Å². The van der Waals surface area contributed by atoms with E-state index < -0.39 is 0 Å². The molecule has 0 saturated carbocycles. The minimum absolute atomic E-state index is 0.210. The Morgan fingerprint density at radius 2 is 1.91 bits per heavy atom. The third-order valence-electron chi connectivity index (χ3n) is 5.24. The Labute approximate surface area is 143 Å². The summed E-state index contributed by atoms with van der Waals surface area (Å²) in [5.41, 5.74) is 1.19. The average molecular weight is 337 g/mol. The van der Waals surface area contributed by atoms with E-state index >= 15 is 0 Å². The second kappa shape index (κ2) is 6.87. The topological polar surface area (TPSA) is 39.7 Å². The van der Waals surface area contributed by atoms with Crippen molar-refractivity contribution in [3.05, 3.63) is 15.6 Å². The Hall–Kier alpha value is -0.980. The Kier molecular flexibility index (Phi) is 5.04. The molecule has 0 radical (unpaired) electrons. The molecule has 0 unspecified atom stereocenters. The van der Waals surface area contributed by atoms with Crippen LogP contribution in [0.4, 0.5) is 0 Å². The fourth-order valence-corrected chi connectivity index (χ4v) is 4.92. The van der Waals surface area contributed by atoms with Crippen molar-refractivity contribution in [1.29, 1.82) is 0 Å². The first kappa shape index (κ1) is 16.9. The molecular formula is C17H28N4OS. The van der Waals surface area contributed by atoms with Gasteiger partial charge in [0.15, 0.2) is 0 Å². The van der Waals surface area contributed by atoms with Crippen LogP contribution < -0.4 is 0 Å². The maximum absolute atomic E-state index is 11.5. The Morgan fingerprint density at radius 3 is 2.48 bits per heavy atom. The van der Waals surface area contributed by atoms with Gasteiger partial charge >= 0.3 is 0 Å². The molecule has 128 valence electrons. The highest BCUT2D eigenvalue weighted by Gasteiger charge is 2.35. The first-order chi connectivity index (χ1) is 10.9. The monoisotopic (exact) mass is 336 g/mol. The molecule has 2 atom stereocenters. The van der Waals surface area contributed by atoms with E-state index in [9.17, 15) is 4.79 Å². The van der Waals surface area contributed by atoms with Crippen LogP contribution in [-0.2, 0) is 11.3 Å². The lowest BCUT2D eigenvalue weighted by Crippen LogP contribution is -2.53. The van der Waals surface area contributed by atoms with Gasteiger partial charge in [0.2, 0.25) is 5.91 Å². The van der Waals surface area contributed by atoms with Crippen LogP contribution in [0.15, 0.2) is 0 Å². The Balaban J connectivity index is 1.56. The van der Waals surface area contributed by atoms with Crippen LogP contribution in [0.3, 0.4) is 0 Å². The summed E-state index contributed by atoms with van der Waals surface area (Å²) in [4.78, 5) is 24.6. The molecular weight excluding hydrogens is 308 g/mol. The van der Waals surface area contributed by atoms with Gasteiger partial charge in [-0.3, -0.25) is 14.6 Å². The SMILES string of the molecule is CC(=O)N1CCN([C@H]2CN(Cc3sc(C)nc3C)C[C@H]2C)CC1. The van der Waals surface area contributed by atoms with Gasteiger partial charge in [0.25, 0.3) is 0 Å². The highest BCUT2D eigenvalue weighted by Crippen LogP contribution is 2.27. The van der Waals surface area contributed by atoms with E-state index in [0.29, 0.717) is 12.0 Å². The van der Waals surface area contributed by atoms with E-state index in [-0.39, 0.29) is 5.91 Å². The molecule has 5 nitrogen and oxygen atoms in total. The summed E-state index contributed by atoms with van der Waals surface area (Å²) in [5.74, 6) is 0.898. The summed E-state index contributed by atoms with van der Waals surface area (Å²) in [7, 11) is 0. The summed E-state index contributed by atoms with van der Waals surface area (Å²) < 4.78 is 0. The molecule has 3 rings (SSSR count). The number of thiazole rings is 1. The lowest BCUT2D eigenvalue weighted by atomic mass is 10.0. The quantitative estimate of drug-likeness (QED) is 0.843. The summed E-state index contributed by atoms with van der Waals surface area (Å²) in [5, 5.41) is 1.17. The number of nitrogens with zero attached hydrogens (tertiary/aromatic N) is 4. The van der Waals surface area contributed by atoms with Gasteiger partial charge in [-0.1, -0.05) is 6.92 Å². The summed E-state index contributed by atoms with van der Waals surface area (Å²) in [6.07, 6.45) is 0. The second-order valence-electron chi connectivity index (χ2n) is 7.02. The number of piperazine rings is 1. The van der Waals surface area contributed by atoms with Crippen molar-refractivity contribution in [2.45, 2.75) is 40.3 Å². The van der Waals surface area contributed by atoms with Gasteiger partial charge < -0.3 is 4.90 Å². The van der Waals surface area contributed by atoms with Crippen LogP contribution in [0, 0.1) is 19.8 Å². The Morgan fingerprint density at radius 1 is 1.22 bits per heavy atom. The average Bonchev–Trinajstić information content (AvgIpc) is 3.01. The van der Waals surface area contributed by atoms with E-state index in [2.05, 4.69) is 35.6 Å². The molecule has 6 heteroatoms. The molecule has 0 aromatic carbocycles. The molecule has 0 aliphatic carbocycles. The lowest BCUT2D eigenvalue weighted by molar-refractivity contribution is -0.130. The molecule has 2 saturated heterocycles. The third-order valence-corrected chi connectivity index (χ3v) is 6.30. The first-order valence-corrected chi connectivity index (χ1v) is 9.40. The number of aryl methyl sites for hydroxylation is 2. The first-order valence-electron chi connectivity index (χ1n) is 8.59. The van der Waals surface area contributed by atoms with Crippen LogP contribution in [-0.4, -0.2) is 70.9 Å². The smallest absolute Gasteiger partial charge is 0.219 e. The molecule has 3 heterocycles. The van der Waals surface area contributed by atoms with Gasteiger partial charge in [0.1, 0.15) is 0 Å². The zero-order valence-corrected chi connectivity index (χ0v) is 15.5. The van der Waals surface area contributed by atoms with Crippen LogP contribution in [0.25, 0.3) is 0 Å². The summed E-state index contributed by atoms with van der Waals surface area (Å²) >= 11 is 1.83. The van der Waals surface area contributed by atoms with E-state index in [1.54, 1.807) is 6.92 Å². The molecule has 23 heavy (non-hydrogen) atoms. The van der Waals surface area contributed by atoms with Crippen molar-refractivity contribution in [2.75, 3.05) is 39.3 Å². The zero-order chi connectivity index (χ0) is 16.6. The molecule has 2 aliphatic rings. The Bertz CT molecular complexity index is 565. The molecule has 1 aromatic heterocycles.